The summed E-state index contributed by atoms with van der Waals surface area (Å²) in [4.78, 5) is 0. The molecule has 0 amide bonds. The van der Waals surface area contributed by atoms with Crippen molar-refractivity contribution in [3.63, 3.8) is 0 Å². The zero-order chi connectivity index (χ0) is 31.6. The minimum absolute atomic E-state index is 0.103. The fourth-order valence-electron chi connectivity index (χ4n) is 7.76. The predicted molar refractivity (Wildman–Crippen MR) is 197 cm³/mol. The fourth-order valence-corrected chi connectivity index (χ4v) is 7.76. The van der Waals surface area contributed by atoms with Crippen molar-refractivity contribution < 1.29 is 4.42 Å². The quantitative estimate of drug-likeness (QED) is 0.193. The number of fused-ring (bicyclic) bond motifs is 8. The molecule has 3 heterocycles. The summed E-state index contributed by atoms with van der Waals surface area (Å²) in [7, 11) is 0. The molecule has 10 rings (SSSR count). The summed E-state index contributed by atoms with van der Waals surface area (Å²) in [5.41, 5.74) is 10.1. The SMILES string of the molecule is C1=c2c(n(-c3ccccc3)c3ccccc23)=CCC1c1nn(Cc2cccc(-c3ccccc3)c2)c2ccc3oc4ccccc4c3c12. The van der Waals surface area contributed by atoms with E-state index >= 15 is 0 Å². The van der Waals surface area contributed by atoms with Crippen molar-refractivity contribution in [2.75, 3.05) is 0 Å². The second kappa shape index (κ2) is 10.7. The number of nitrogens with zero attached hydrogens (tertiary/aromatic N) is 3. The molecule has 228 valence electrons. The van der Waals surface area contributed by atoms with E-state index in [9.17, 15) is 0 Å². The Kier molecular flexibility index (Phi) is 6.03. The van der Waals surface area contributed by atoms with Crippen molar-refractivity contribution in [2.45, 2.75) is 18.9 Å². The molecule has 9 aromatic rings. The third-order valence-corrected chi connectivity index (χ3v) is 9.90. The van der Waals surface area contributed by atoms with Crippen molar-refractivity contribution in [2.24, 2.45) is 0 Å². The van der Waals surface area contributed by atoms with Gasteiger partial charge in [-0.25, -0.2) is 0 Å². The fraction of sp³-hybridized carbons (Fsp3) is 0.0682. The van der Waals surface area contributed by atoms with Crippen molar-refractivity contribution in [3.05, 3.63) is 167 Å². The summed E-state index contributed by atoms with van der Waals surface area (Å²) in [6, 6.07) is 51.5. The van der Waals surface area contributed by atoms with Crippen molar-refractivity contribution in [3.8, 4) is 16.8 Å². The molecule has 0 radical (unpaired) electrons. The highest BCUT2D eigenvalue weighted by Gasteiger charge is 2.25. The lowest BCUT2D eigenvalue weighted by Gasteiger charge is -2.13. The lowest BCUT2D eigenvalue weighted by atomic mass is 9.92. The van der Waals surface area contributed by atoms with E-state index in [1.54, 1.807) is 0 Å². The number of furan rings is 1. The van der Waals surface area contributed by atoms with Crippen molar-refractivity contribution >= 4 is 55.9 Å². The van der Waals surface area contributed by atoms with Crippen molar-refractivity contribution in [1.29, 1.82) is 0 Å². The van der Waals surface area contributed by atoms with E-state index in [0.717, 1.165) is 39.6 Å². The molecule has 0 saturated carbocycles. The Morgan fingerprint density at radius 1 is 0.625 bits per heavy atom. The molecule has 4 nitrogen and oxygen atoms in total. The van der Waals surface area contributed by atoms with Gasteiger partial charge in [-0.15, -0.1) is 0 Å². The smallest absolute Gasteiger partial charge is 0.136 e. The van der Waals surface area contributed by atoms with Crippen LogP contribution in [0.2, 0.25) is 0 Å². The molecule has 0 fully saturated rings. The summed E-state index contributed by atoms with van der Waals surface area (Å²) < 4.78 is 11.0. The number of rotatable bonds is 5. The van der Waals surface area contributed by atoms with Gasteiger partial charge in [-0.3, -0.25) is 4.68 Å². The van der Waals surface area contributed by atoms with Crippen LogP contribution in [-0.2, 0) is 6.54 Å². The summed E-state index contributed by atoms with van der Waals surface area (Å²) in [6.45, 7) is 0.674. The predicted octanol–water partition coefficient (Wildman–Crippen LogP) is 9.34. The Hall–Kier alpha value is -6.13. The lowest BCUT2D eigenvalue weighted by molar-refractivity contribution is 0.669. The molecule has 4 heteroatoms. The van der Waals surface area contributed by atoms with Gasteiger partial charge in [0.1, 0.15) is 11.2 Å². The highest BCUT2D eigenvalue weighted by atomic mass is 16.3. The largest absolute Gasteiger partial charge is 0.456 e. The maximum absolute atomic E-state index is 6.40. The Morgan fingerprint density at radius 3 is 2.25 bits per heavy atom. The van der Waals surface area contributed by atoms with E-state index < -0.39 is 0 Å². The Labute approximate surface area is 277 Å². The average molecular weight is 618 g/mol. The minimum Gasteiger partial charge on any atom is -0.456 e. The van der Waals surface area contributed by atoms with Crippen LogP contribution in [0.25, 0.3) is 72.7 Å². The van der Waals surface area contributed by atoms with Gasteiger partial charge in [0.25, 0.3) is 0 Å². The molecule has 0 saturated heterocycles. The van der Waals surface area contributed by atoms with Crippen LogP contribution in [-0.4, -0.2) is 14.3 Å². The molecule has 1 atom stereocenters. The molecule has 0 aliphatic heterocycles. The molecule has 1 aliphatic carbocycles. The first-order chi connectivity index (χ1) is 23.8. The van der Waals surface area contributed by atoms with Gasteiger partial charge >= 0.3 is 0 Å². The van der Waals surface area contributed by atoms with Crippen LogP contribution in [0.1, 0.15) is 23.6 Å². The van der Waals surface area contributed by atoms with E-state index in [2.05, 4.69) is 161 Å². The van der Waals surface area contributed by atoms with Crippen molar-refractivity contribution in [1.82, 2.24) is 14.3 Å². The van der Waals surface area contributed by atoms with Crippen LogP contribution in [0.15, 0.2) is 150 Å². The van der Waals surface area contributed by atoms with Crippen LogP contribution < -0.4 is 10.6 Å². The number of hydrogen-bond acceptors (Lipinski definition) is 2. The highest BCUT2D eigenvalue weighted by Crippen LogP contribution is 2.40. The second-order valence-corrected chi connectivity index (χ2v) is 12.7. The van der Waals surface area contributed by atoms with Gasteiger partial charge in [0.15, 0.2) is 0 Å². The molecular weight excluding hydrogens is 587 g/mol. The third-order valence-electron chi connectivity index (χ3n) is 9.90. The zero-order valence-corrected chi connectivity index (χ0v) is 26.3. The molecule has 1 unspecified atom stereocenters. The first-order valence-electron chi connectivity index (χ1n) is 16.6. The number of para-hydroxylation sites is 3. The van der Waals surface area contributed by atoms with E-state index in [0.29, 0.717) is 6.54 Å². The number of hydrogen-bond donors (Lipinski definition) is 0. The Morgan fingerprint density at radius 2 is 1.38 bits per heavy atom. The van der Waals surface area contributed by atoms with Crippen LogP contribution >= 0.6 is 0 Å². The summed E-state index contributed by atoms with van der Waals surface area (Å²) in [6.07, 6.45) is 5.73. The monoisotopic (exact) mass is 617 g/mol. The molecular formula is C44H31N3O. The van der Waals surface area contributed by atoms with Crippen LogP contribution in [0.3, 0.4) is 0 Å². The summed E-state index contributed by atoms with van der Waals surface area (Å²) in [5.74, 6) is 0.103. The third kappa shape index (κ3) is 4.19. The average Bonchev–Trinajstić information content (AvgIpc) is 3.82. The topological polar surface area (TPSA) is 35.9 Å². The van der Waals surface area contributed by atoms with E-state index in [-0.39, 0.29) is 5.92 Å². The van der Waals surface area contributed by atoms with Gasteiger partial charge in [0.2, 0.25) is 0 Å². The maximum atomic E-state index is 6.40. The second-order valence-electron chi connectivity index (χ2n) is 12.7. The van der Waals surface area contributed by atoms with Crippen LogP contribution in [0, 0.1) is 0 Å². The van der Waals surface area contributed by atoms with Gasteiger partial charge in [-0.2, -0.15) is 5.10 Å². The lowest BCUT2D eigenvalue weighted by Crippen LogP contribution is -2.31. The Balaban J connectivity index is 1.19. The van der Waals surface area contributed by atoms with Gasteiger partial charge < -0.3 is 8.98 Å². The van der Waals surface area contributed by atoms with Crippen LogP contribution in [0.4, 0.5) is 0 Å². The summed E-state index contributed by atoms with van der Waals surface area (Å²) in [5, 5.41) is 12.7. The minimum atomic E-state index is 0.103. The number of aromatic nitrogens is 3. The van der Waals surface area contributed by atoms with E-state index in [1.165, 1.54) is 49.2 Å². The van der Waals surface area contributed by atoms with Gasteiger partial charge in [-0.1, -0.05) is 115 Å². The molecule has 3 aromatic heterocycles. The molecule has 48 heavy (non-hydrogen) atoms. The zero-order valence-electron chi connectivity index (χ0n) is 26.3. The number of benzene rings is 6. The molecule has 6 aromatic carbocycles. The summed E-state index contributed by atoms with van der Waals surface area (Å²) >= 11 is 0. The maximum Gasteiger partial charge on any atom is 0.136 e. The van der Waals surface area contributed by atoms with Gasteiger partial charge in [0.05, 0.1) is 23.3 Å². The van der Waals surface area contributed by atoms with E-state index in [4.69, 9.17) is 9.52 Å². The van der Waals surface area contributed by atoms with Gasteiger partial charge in [0, 0.05) is 43.7 Å². The molecule has 0 N–H and O–H groups in total. The standard InChI is InChI=1S/C44H31N3O/c1-3-13-30(14-4-1)31-15-11-12-29(26-31)28-46-39-24-25-41-42(35-19-8-10-21-40(35)48-41)43(39)44(45-46)32-22-23-38-36(27-32)34-18-7-9-20-37(34)47(38)33-16-5-2-6-17-33/h1-21,23-27,32H,22,28H2. The van der Waals surface area contributed by atoms with Gasteiger partial charge in [-0.05, 0) is 65.6 Å². The molecule has 0 spiro atoms. The first kappa shape index (κ1) is 27.0. The Bertz CT molecular complexity index is 2780. The van der Waals surface area contributed by atoms with Crippen LogP contribution in [0.5, 0.6) is 0 Å². The van der Waals surface area contributed by atoms with E-state index in [1.807, 2.05) is 6.07 Å². The highest BCUT2D eigenvalue weighted by molar-refractivity contribution is 6.19. The molecule has 1 aliphatic rings. The normalized spacial score (nSPS) is 14.4. The molecule has 0 bridgehead atoms. The first-order valence-corrected chi connectivity index (χ1v) is 16.6.